The van der Waals surface area contributed by atoms with Crippen molar-refractivity contribution in [1.29, 1.82) is 0 Å². The molecule has 0 amide bonds. The number of hydrogen-bond donors (Lipinski definition) is 1. The number of piperidine rings is 1. The summed E-state index contributed by atoms with van der Waals surface area (Å²) < 4.78 is 6.94. The molecule has 1 N–H and O–H groups in total. The average molecular weight is 372 g/mol. The molecule has 0 radical (unpaired) electrons. The average Bonchev–Trinajstić information content (AvgIpc) is 3.18. The van der Waals surface area contributed by atoms with Gasteiger partial charge in [-0.05, 0) is 98.7 Å². The van der Waals surface area contributed by atoms with Gasteiger partial charge in [-0.3, -0.25) is 5.32 Å². The minimum Gasteiger partial charge on any atom is -0.357 e. The van der Waals surface area contributed by atoms with Crippen molar-refractivity contribution in [2.75, 3.05) is 6.54 Å². The van der Waals surface area contributed by atoms with Crippen LogP contribution >= 0.6 is 0 Å². The van der Waals surface area contributed by atoms with E-state index in [-0.39, 0.29) is 5.72 Å². The van der Waals surface area contributed by atoms with E-state index in [2.05, 4.69) is 19.2 Å². The Morgan fingerprint density at radius 2 is 1.56 bits per heavy atom. The summed E-state index contributed by atoms with van der Waals surface area (Å²) >= 11 is 0. The summed E-state index contributed by atoms with van der Waals surface area (Å²) in [5, 5.41) is 3.89. The molecular formula is C25H41NO. The van der Waals surface area contributed by atoms with Gasteiger partial charge < -0.3 is 4.74 Å². The lowest BCUT2D eigenvalue weighted by Gasteiger charge is -2.53. The zero-order valence-corrected chi connectivity index (χ0v) is 17.7. The molecule has 2 heterocycles. The van der Waals surface area contributed by atoms with E-state index in [1.807, 2.05) is 0 Å². The van der Waals surface area contributed by atoms with E-state index in [1.165, 1.54) is 38.5 Å². The Balaban J connectivity index is 1.21. The molecule has 2 nitrogen and oxygen atoms in total. The molecule has 4 saturated carbocycles. The van der Waals surface area contributed by atoms with Crippen LogP contribution in [0.4, 0.5) is 0 Å². The molecule has 11 atom stereocenters. The Hall–Kier alpha value is -0.0800. The Morgan fingerprint density at radius 1 is 0.778 bits per heavy atom. The molecule has 10 unspecified atom stereocenters. The van der Waals surface area contributed by atoms with Crippen LogP contribution in [0.2, 0.25) is 0 Å². The number of fused-ring (bicyclic) bond motifs is 7. The van der Waals surface area contributed by atoms with E-state index < -0.39 is 0 Å². The first-order valence-corrected chi connectivity index (χ1v) is 12.6. The van der Waals surface area contributed by atoms with Gasteiger partial charge >= 0.3 is 0 Å². The summed E-state index contributed by atoms with van der Waals surface area (Å²) in [6.07, 6.45) is 16.9. The topological polar surface area (TPSA) is 21.3 Å². The van der Waals surface area contributed by atoms with Crippen LogP contribution in [0.1, 0.15) is 84.5 Å². The summed E-state index contributed by atoms with van der Waals surface area (Å²) in [6, 6.07) is 0. The SMILES string of the molecule is CC1CCC2(NC1)OC1CC3C(CC[C@H]4C5CCCCC5CCC34)C1C2C. The lowest BCUT2D eigenvalue weighted by atomic mass is 9.53. The van der Waals surface area contributed by atoms with Crippen molar-refractivity contribution in [2.45, 2.75) is 96.3 Å². The summed E-state index contributed by atoms with van der Waals surface area (Å²) in [5.74, 6) is 8.71. The maximum Gasteiger partial charge on any atom is 0.122 e. The first kappa shape index (κ1) is 17.8. The molecule has 0 aromatic rings. The molecule has 4 aliphatic carbocycles. The highest BCUT2D eigenvalue weighted by Gasteiger charge is 2.63. The van der Waals surface area contributed by atoms with Crippen LogP contribution in [-0.4, -0.2) is 18.4 Å². The van der Waals surface area contributed by atoms with Crippen molar-refractivity contribution < 1.29 is 4.74 Å². The molecule has 6 rings (SSSR count). The lowest BCUT2D eigenvalue weighted by molar-refractivity contribution is -0.111. The van der Waals surface area contributed by atoms with E-state index >= 15 is 0 Å². The summed E-state index contributed by atoms with van der Waals surface area (Å²) in [4.78, 5) is 0. The Kier molecular flexibility index (Phi) is 4.25. The van der Waals surface area contributed by atoms with Crippen molar-refractivity contribution in [2.24, 2.45) is 53.3 Å². The van der Waals surface area contributed by atoms with Crippen molar-refractivity contribution in [1.82, 2.24) is 5.32 Å². The molecule has 152 valence electrons. The molecule has 6 fully saturated rings. The van der Waals surface area contributed by atoms with Gasteiger partial charge in [0.15, 0.2) is 0 Å². The Bertz CT molecular complexity index is 567. The maximum atomic E-state index is 6.94. The first-order chi connectivity index (χ1) is 13.2. The van der Waals surface area contributed by atoms with Crippen molar-refractivity contribution >= 4 is 0 Å². The van der Waals surface area contributed by atoms with Crippen LogP contribution in [0, 0.1) is 53.3 Å². The second-order valence-electron chi connectivity index (χ2n) is 11.7. The van der Waals surface area contributed by atoms with Gasteiger partial charge in [-0.2, -0.15) is 0 Å². The molecule has 2 aliphatic heterocycles. The van der Waals surface area contributed by atoms with E-state index in [4.69, 9.17) is 4.74 Å². The van der Waals surface area contributed by atoms with Gasteiger partial charge in [0.1, 0.15) is 5.72 Å². The Morgan fingerprint density at radius 3 is 2.41 bits per heavy atom. The normalized spacial score (nSPS) is 59.8. The van der Waals surface area contributed by atoms with Crippen LogP contribution in [0.15, 0.2) is 0 Å². The van der Waals surface area contributed by atoms with Gasteiger partial charge in [0.05, 0.1) is 6.10 Å². The number of nitrogens with one attached hydrogen (secondary N) is 1. The van der Waals surface area contributed by atoms with E-state index in [1.54, 1.807) is 32.1 Å². The van der Waals surface area contributed by atoms with Gasteiger partial charge in [-0.1, -0.05) is 33.1 Å². The number of hydrogen-bond acceptors (Lipinski definition) is 2. The fourth-order valence-corrected chi connectivity index (χ4v) is 9.50. The number of ether oxygens (including phenoxy) is 1. The van der Waals surface area contributed by atoms with Gasteiger partial charge in [0.2, 0.25) is 0 Å². The van der Waals surface area contributed by atoms with Gasteiger partial charge in [-0.25, -0.2) is 0 Å². The summed E-state index contributed by atoms with van der Waals surface area (Å²) in [6.45, 7) is 6.09. The molecule has 6 aliphatic rings. The molecule has 27 heavy (non-hydrogen) atoms. The van der Waals surface area contributed by atoms with E-state index in [0.29, 0.717) is 12.0 Å². The summed E-state index contributed by atoms with van der Waals surface area (Å²) in [7, 11) is 0. The molecule has 0 bridgehead atoms. The number of rotatable bonds is 0. The standard InChI is InChI=1S/C25H41NO/c1-15-11-12-25(26-14-15)16(2)24-21-10-9-19-18-6-4-3-5-17(18)7-8-20(19)22(21)13-23(24)27-25/h15-24,26H,3-14H2,1-2H3/t15?,16?,17?,18?,19-,20?,21?,22?,23?,24?,25?/m0/s1. The minimum absolute atomic E-state index is 0.0324. The molecule has 0 aromatic heterocycles. The lowest BCUT2D eigenvalue weighted by Crippen LogP contribution is -2.55. The molecule has 2 saturated heterocycles. The first-order valence-electron chi connectivity index (χ1n) is 12.6. The monoisotopic (exact) mass is 371 g/mol. The second-order valence-corrected chi connectivity index (χ2v) is 11.7. The highest BCUT2D eigenvalue weighted by Crippen LogP contribution is 2.63. The molecule has 1 spiro atoms. The van der Waals surface area contributed by atoms with Gasteiger partial charge in [0, 0.05) is 12.5 Å². The predicted octanol–water partition coefficient (Wildman–Crippen LogP) is 5.62. The molecule has 0 aromatic carbocycles. The third kappa shape index (κ3) is 2.57. The zero-order valence-electron chi connectivity index (χ0n) is 17.7. The second kappa shape index (κ2) is 6.46. The smallest absolute Gasteiger partial charge is 0.122 e. The van der Waals surface area contributed by atoms with Crippen LogP contribution < -0.4 is 5.32 Å². The quantitative estimate of drug-likeness (QED) is 0.597. The largest absolute Gasteiger partial charge is 0.357 e. The minimum atomic E-state index is 0.0324. The van der Waals surface area contributed by atoms with Crippen LogP contribution in [0.25, 0.3) is 0 Å². The van der Waals surface area contributed by atoms with Gasteiger partial charge in [0.25, 0.3) is 0 Å². The van der Waals surface area contributed by atoms with Crippen LogP contribution in [0.3, 0.4) is 0 Å². The van der Waals surface area contributed by atoms with E-state index in [9.17, 15) is 0 Å². The van der Waals surface area contributed by atoms with Crippen molar-refractivity contribution in [3.63, 3.8) is 0 Å². The highest BCUT2D eigenvalue weighted by molar-refractivity contribution is 5.10. The third-order valence-electron chi connectivity index (χ3n) is 10.7. The fraction of sp³-hybridized carbons (Fsp3) is 1.00. The molecular weight excluding hydrogens is 330 g/mol. The zero-order chi connectivity index (χ0) is 18.2. The fourth-order valence-electron chi connectivity index (χ4n) is 9.50. The van der Waals surface area contributed by atoms with E-state index in [0.717, 1.165) is 53.9 Å². The Labute approximate surface area is 166 Å². The van der Waals surface area contributed by atoms with Crippen LogP contribution in [0.5, 0.6) is 0 Å². The molecule has 2 heteroatoms. The predicted molar refractivity (Wildman–Crippen MR) is 109 cm³/mol. The van der Waals surface area contributed by atoms with Gasteiger partial charge in [-0.15, -0.1) is 0 Å². The highest BCUT2D eigenvalue weighted by atomic mass is 16.5. The third-order valence-corrected chi connectivity index (χ3v) is 10.7. The van der Waals surface area contributed by atoms with Crippen molar-refractivity contribution in [3.8, 4) is 0 Å². The summed E-state index contributed by atoms with van der Waals surface area (Å²) in [5.41, 5.74) is 0.0324. The van der Waals surface area contributed by atoms with Crippen molar-refractivity contribution in [3.05, 3.63) is 0 Å². The van der Waals surface area contributed by atoms with Crippen LogP contribution in [-0.2, 0) is 4.74 Å². The maximum absolute atomic E-state index is 6.94.